The maximum absolute atomic E-state index is 12.9. The van der Waals surface area contributed by atoms with Gasteiger partial charge in [0.25, 0.3) is 0 Å². The Morgan fingerprint density at radius 1 is 1.27 bits per heavy atom. The maximum Gasteiger partial charge on any atom is 0.226 e. The molecule has 0 atom stereocenters. The van der Waals surface area contributed by atoms with E-state index in [1.807, 2.05) is 0 Å². The Bertz CT molecular complexity index is 753. The van der Waals surface area contributed by atoms with Crippen LogP contribution in [-0.4, -0.2) is 15.9 Å². The number of nitrogens with zero attached hydrogens (tertiary/aromatic N) is 2. The second-order valence-corrected chi connectivity index (χ2v) is 5.41. The van der Waals surface area contributed by atoms with Gasteiger partial charge in [-0.2, -0.15) is 0 Å². The van der Waals surface area contributed by atoms with Crippen LogP contribution in [0.2, 0.25) is 0 Å². The lowest BCUT2D eigenvalue weighted by Crippen LogP contribution is -2.12. The highest BCUT2D eigenvalue weighted by Crippen LogP contribution is 2.21. The quantitative estimate of drug-likeness (QED) is 0.782. The zero-order chi connectivity index (χ0) is 15.4. The second kappa shape index (κ2) is 6.48. The van der Waals surface area contributed by atoms with Gasteiger partial charge in [0.15, 0.2) is 16.8 Å². The summed E-state index contributed by atoms with van der Waals surface area (Å²) < 4.78 is 18.4. The molecule has 2 aromatic heterocycles. The predicted octanol–water partition coefficient (Wildman–Crippen LogP) is 3.51. The Morgan fingerprint density at radius 2 is 2.09 bits per heavy atom. The van der Waals surface area contributed by atoms with E-state index in [1.165, 1.54) is 23.5 Å². The first-order valence-corrected chi connectivity index (χ1v) is 7.48. The van der Waals surface area contributed by atoms with E-state index in [0.717, 1.165) is 5.56 Å². The predicted molar refractivity (Wildman–Crippen MR) is 81.0 cm³/mol. The average molecular weight is 317 g/mol. The third kappa shape index (κ3) is 3.56. The minimum atomic E-state index is -0.303. The maximum atomic E-state index is 12.9. The monoisotopic (exact) mass is 317 g/mol. The van der Waals surface area contributed by atoms with E-state index in [9.17, 15) is 9.18 Å². The van der Waals surface area contributed by atoms with Crippen LogP contribution in [0.15, 0.2) is 46.5 Å². The summed E-state index contributed by atoms with van der Waals surface area (Å²) >= 11 is 1.36. The summed E-state index contributed by atoms with van der Waals surface area (Å²) in [6.45, 7) is 0. The van der Waals surface area contributed by atoms with Crippen molar-refractivity contribution in [3.8, 4) is 11.3 Å². The molecule has 0 aliphatic heterocycles. The molecule has 7 heteroatoms. The number of nitrogens with one attached hydrogen (secondary N) is 1. The Kier molecular flexibility index (Phi) is 4.24. The van der Waals surface area contributed by atoms with Gasteiger partial charge in [0.2, 0.25) is 5.91 Å². The summed E-state index contributed by atoms with van der Waals surface area (Å²) in [4.78, 5) is 19.9. The van der Waals surface area contributed by atoms with Crippen molar-refractivity contribution in [3.05, 3.63) is 53.7 Å². The minimum Gasteiger partial charge on any atom is -0.441 e. The second-order valence-electron chi connectivity index (χ2n) is 4.51. The first-order chi connectivity index (χ1) is 10.7. The molecule has 2 heterocycles. The van der Waals surface area contributed by atoms with Gasteiger partial charge in [-0.1, -0.05) is 0 Å². The number of oxazole rings is 1. The largest absolute Gasteiger partial charge is 0.441 e. The van der Waals surface area contributed by atoms with Crippen LogP contribution in [0.4, 0.5) is 9.52 Å². The van der Waals surface area contributed by atoms with Gasteiger partial charge in [-0.15, -0.1) is 11.3 Å². The van der Waals surface area contributed by atoms with E-state index in [-0.39, 0.29) is 18.1 Å². The van der Waals surface area contributed by atoms with Gasteiger partial charge in [0.1, 0.15) is 5.82 Å². The van der Waals surface area contributed by atoms with Crippen LogP contribution >= 0.6 is 11.3 Å². The summed E-state index contributed by atoms with van der Waals surface area (Å²) in [5.41, 5.74) is 0.743. The van der Waals surface area contributed by atoms with Crippen molar-refractivity contribution in [2.45, 2.75) is 12.8 Å². The Balaban J connectivity index is 1.57. The molecule has 0 fully saturated rings. The molecule has 112 valence electrons. The van der Waals surface area contributed by atoms with Gasteiger partial charge >= 0.3 is 0 Å². The summed E-state index contributed by atoms with van der Waals surface area (Å²) in [5.74, 6) is 0.572. The Labute approximate surface area is 129 Å². The van der Waals surface area contributed by atoms with Gasteiger partial charge in [-0.25, -0.2) is 14.4 Å². The molecule has 0 radical (unpaired) electrons. The van der Waals surface area contributed by atoms with Gasteiger partial charge < -0.3 is 9.73 Å². The number of hydrogen-bond donors (Lipinski definition) is 1. The fourth-order valence-corrected chi connectivity index (χ4v) is 2.41. The van der Waals surface area contributed by atoms with Crippen LogP contribution < -0.4 is 5.32 Å². The molecule has 5 nitrogen and oxygen atoms in total. The summed E-state index contributed by atoms with van der Waals surface area (Å²) in [5, 5.41) is 5.06. The number of carbonyl (C=O) groups excluding carboxylic acids is 1. The van der Waals surface area contributed by atoms with E-state index >= 15 is 0 Å². The highest BCUT2D eigenvalue weighted by atomic mass is 32.1. The molecular weight excluding hydrogens is 305 g/mol. The summed E-state index contributed by atoms with van der Waals surface area (Å²) in [6.07, 6.45) is 3.84. The molecule has 1 amide bonds. The molecule has 3 rings (SSSR count). The zero-order valence-electron chi connectivity index (χ0n) is 11.5. The number of benzene rings is 1. The minimum absolute atomic E-state index is 0.142. The molecule has 0 unspecified atom stereocenters. The number of aryl methyl sites for hydroxylation is 1. The van der Waals surface area contributed by atoms with E-state index in [0.29, 0.717) is 23.2 Å². The van der Waals surface area contributed by atoms with Crippen molar-refractivity contribution >= 4 is 22.4 Å². The number of carbonyl (C=O) groups is 1. The molecule has 22 heavy (non-hydrogen) atoms. The van der Waals surface area contributed by atoms with Crippen LogP contribution in [-0.2, 0) is 11.2 Å². The normalized spacial score (nSPS) is 10.6. The number of amides is 1. The lowest BCUT2D eigenvalue weighted by Gasteiger charge is -1.99. The van der Waals surface area contributed by atoms with Gasteiger partial charge in [0.05, 0.1) is 6.20 Å². The lowest BCUT2D eigenvalue weighted by molar-refractivity contribution is -0.116. The molecular formula is C15H12FN3O2S. The molecule has 0 aliphatic rings. The molecule has 0 saturated carbocycles. The number of hydrogen-bond acceptors (Lipinski definition) is 5. The van der Waals surface area contributed by atoms with Crippen LogP contribution in [0.5, 0.6) is 0 Å². The van der Waals surface area contributed by atoms with Crippen LogP contribution in [0.1, 0.15) is 12.3 Å². The van der Waals surface area contributed by atoms with Gasteiger partial charge in [0, 0.05) is 30.0 Å². The molecule has 0 aliphatic carbocycles. The van der Waals surface area contributed by atoms with Crippen molar-refractivity contribution in [1.82, 2.24) is 9.97 Å². The molecule has 0 saturated heterocycles. The number of halogens is 1. The Hall–Kier alpha value is -2.54. The first-order valence-electron chi connectivity index (χ1n) is 6.61. The Morgan fingerprint density at radius 3 is 2.82 bits per heavy atom. The number of rotatable bonds is 5. The van der Waals surface area contributed by atoms with Crippen molar-refractivity contribution in [2.75, 3.05) is 5.32 Å². The van der Waals surface area contributed by atoms with Crippen LogP contribution in [0, 0.1) is 5.82 Å². The topological polar surface area (TPSA) is 68.0 Å². The van der Waals surface area contributed by atoms with E-state index in [2.05, 4.69) is 15.3 Å². The fraction of sp³-hybridized carbons (Fsp3) is 0.133. The SMILES string of the molecule is O=C(CCc1ncc(-c2ccc(F)cc2)o1)Nc1nccs1. The van der Waals surface area contributed by atoms with Crippen molar-refractivity contribution < 1.29 is 13.6 Å². The van der Waals surface area contributed by atoms with Crippen molar-refractivity contribution in [3.63, 3.8) is 0 Å². The zero-order valence-corrected chi connectivity index (χ0v) is 12.3. The van der Waals surface area contributed by atoms with E-state index in [1.54, 1.807) is 29.9 Å². The highest BCUT2D eigenvalue weighted by Gasteiger charge is 2.10. The third-order valence-electron chi connectivity index (χ3n) is 2.93. The standard InChI is InChI=1S/C15H12FN3O2S/c16-11-3-1-10(2-4-11)12-9-18-14(21-12)6-5-13(20)19-15-17-7-8-22-15/h1-4,7-9H,5-6H2,(H,17,19,20). The number of thiazole rings is 1. The highest BCUT2D eigenvalue weighted by molar-refractivity contribution is 7.13. The summed E-state index contributed by atoms with van der Waals surface area (Å²) in [7, 11) is 0. The molecule has 3 aromatic rings. The van der Waals surface area contributed by atoms with Crippen LogP contribution in [0.3, 0.4) is 0 Å². The molecule has 1 N–H and O–H groups in total. The van der Waals surface area contributed by atoms with Gasteiger partial charge in [-0.3, -0.25) is 4.79 Å². The first kappa shape index (κ1) is 14.4. The summed E-state index contributed by atoms with van der Waals surface area (Å²) in [6, 6.07) is 5.96. The molecule has 0 spiro atoms. The van der Waals surface area contributed by atoms with Crippen molar-refractivity contribution in [2.24, 2.45) is 0 Å². The third-order valence-corrected chi connectivity index (χ3v) is 3.62. The fourth-order valence-electron chi connectivity index (χ4n) is 1.86. The number of aromatic nitrogens is 2. The lowest BCUT2D eigenvalue weighted by atomic mass is 10.2. The molecule has 1 aromatic carbocycles. The average Bonchev–Trinajstić information content (AvgIpc) is 3.17. The number of anilines is 1. The molecule has 0 bridgehead atoms. The van der Waals surface area contributed by atoms with E-state index < -0.39 is 0 Å². The van der Waals surface area contributed by atoms with E-state index in [4.69, 9.17) is 4.42 Å². The van der Waals surface area contributed by atoms with Crippen molar-refractivity contribution in [1.29, 1.82) is 0 Å². The van der Waals surface area contributed by atoms with Crippen LogP contribution in [0.25, 0.3) is 11.3 Å². The van der Waals surface area contributed by atoms with Gasteiger partial charge in [-0.05, 0) is 24.3 Å². The smallest absolute Gasteiger partial charge is 0.226 e.